The third kappa shape index (κ3) is 3.95. The fraction of sp³-hybridized carbons (Fsp3) is 0.167. The van der Waals surface area contributed by atoms with E-state index in [1.165, 1.54) is 6.33 Å². The summed E-state index contributed by atoms with van der Waals surface area (Å²) in [5.74, 6) is 2.65. The van der Waals surface area contributed by atoms with Gasteiger partial charge in [0.05, 0.1) is 39.5 Å². The van der Waals surface area contributed by atoms with Crippen LogP contribution in [0.3, 0.4) is 0 Å². The molecule has 34 heavy (non-hydrogen) atoms. The van der Waals surface area contributed by atoms with Gasteiger partial charge in [-0.15, -0.1) is 24.8 Å². The van der Waals surface area contributed by atoms with Crippen LogP contribution in [0.4, 0.5) is 11.5 Å². The zero-order valence-electron chi connectivity index (χ0n) is 18.9. The smallest absolute Gasteiger partial charge is 0.205 e. The lowest BCUT2D eigenvalue weighted by Crippen LogP contribution is -2.01. The Morgan fingerprint density at radius 1 is 0.706 bits per heavy atom. The van der Waals surface area contributed by atoms with Gasteiger partial charge < -0.3 is 28.7 Å². The third-order valence-electron chi connectivity index (χ3n) is 5.38. The Balaban J connectivity index is 0.00000162. The number of furan rings is 1. The molecule has 0 atom stereocenters. The van der Waals surface area contributed by atoms with Crippen LogP contribution >= 0.6 is 24.8 Å². The van der Waals surface area contributed by atoms with Crippen molar-refractivity contribution < 1.29 is 23.4 Å². The first-order valence-corrected chi connectivity index (χ1v) is 9.88. The summed E-state index contributed by atoms with van der Waals surface area (Å²) >= 11 is 0. The minimum atomic E-state index is 0. The van der Waals surface area contributed by atoms with Gasteiger partial charge in [-0.3, -0.25) is 0 Å². The minimum absolute atomic E-state index is 0. The quantitative estimate of drug-likeness (QED) is 0.295. The summed E-state index contributed by atoms with van der Waals surface area (Å²) in [4.78, 5) is 8.84. The molecule has 0 radical (unpaired) electrons. The van der Waals surface area contributed by atoms with Crippen molar-refractivity contribution in [3.8, 4) is 23.0 Å². The third-order valence-corrected chi connectivity index (χ3v) is 5.38. The number of rotatable bonds is 6. The maximum atomic E-state index is 6.04. The second kappa shape index (κ2) is 10.1. The van der Waals surface area contributed by atoms with Gasteiger partial charge in [0.25, 0.3) is 0 Å². The number of nitrogens with one attached hydrogen (secondary N) is 1. The molecule has 2 aromatic heterocycles. The normalized spacial score (nSPS) is 10.5. The Bertz CT molecular complexity index is 1470. The molecule has 0 bridgehead atoms. The van der Waals surface area contributed by atoms with Crippen molar-refractivity contribution in [2.75, 3.05) is 33.8 Å². The van der Waals surface area contributed by atoms with E-state index < -0.39 is 0 Å². The van der Waals surface area contributed by atoms with Crippen molar-refractivity contribution in [1.82, 2.24) is 9.97 Å². The number of methoxy groups -OCH3 is 4. The number of nitrogens with zero attached hydrogens (tertiary/aromatic N) is 2. The van der Waals surface area contributed by atoms with Crippen molar-refractivity contribution in [2.45, 2.75) is 0 Å². The predicted octanol–water partition coefficient (Wildman–Crippen LogP) is 6.15. The highest BCUT2D eigenvalue weighted by atomic mass is 35.5. The van der Waals surface area contributed by atoms with Crippen LogP contribution in [0.1, 0.15) is 0 Å². The number of hydrogen-bond donors (Lipinski definition) is 1. The van der Waals surface area contributed by atoms with Crippen molar-refractivity contribution in [2.24, 2.45) is 0 Å². The van der Waals surface area contributed by atoms with Gasteiger partial charge in [-0.25, -0.2) is 9.97 Å². The SMILES string of the molecule is COc1cc2c(cc1Nc1ncnc3c(OC)c(OC)c(OC)cc13)oc1ccccc12.Cl.Cl. The van der Waals surface area contributed by atoms with Crippen molar-refractivity contribution in [3.63, 3.8) is 0 Å². The van der Waals surface area contributed by atoms with E-state index in [4.69, 9.17) is 23.4 Å². The molecular formula is C24H23Cl2N3O5. The lowest BCUT2D eigenvalue weighted by molar-refractivity contribution is 0.327. The summed E-state index contributed by atoms with van der Waals surface area (Å²) in [7, 11) is 6.31. The van der Waals surface area contributed by atoms with Crippen molar-refractivity contribution in [1.29, 1.82) is 0 Å². The predicted molar refractivity (Wildman–Crippen MR) is 137 cm³/mol. The first-order valence-electron chi connectivity index (χ1n) is 9.88. The molecule has 0 aliphatic carbocycles. The molecule has 0 saturated heterocycles. The van der Waals surface area contributed by atoms with Crippen LogP contribution in [0, 0.1) is 0 Å². The Hall–Kier alpha value is -3.62. The monoisotopic (exact) mass is 503 g/mol. The van der Waals surface area contributed by atoms with Gasteiger partial charge >= 0.3 is 0 Å². The summed E-state index contributed by atoms with van der Waals surface area (Å²) in [6, 6.07) is 13.6. The van der Waals surface area contributed by atoms with Crippen LogP contribution < -0.4 is 24.3 Å². The zero-order valence-corrected chi connectivity index (χ0v) is 20.5. The van der Waals surface area contributed by atoms with Crippen LogP contribution in [0.5, 0.6) is 23.0 Å². The van der Waals surface area contributed by atoms with Crippen molar-refractivity contribution in [3.05, 3.63) is 48.8 Å². The van der Waals surface area contributed by atoms with Gasteiger partial charge in [0, 0.05) is 16.8 Å². The number of fused-ring (bicyclic) bond motifs is 4. The lowest BCUT2D eigenvalue weighted by atomic mass is 10.1. The highest BCUT2D eigenvalue weighted by Crippen LogP contribution is 2.45. The van der Waals surface area contributed by atoms with Crippen LogP contribution in [-0.2, 0) is 0 Å². The average Bonchev–Trinajstić information content (AvgIpc) is 3.19. The highest BCUT2D eigenvalue weighted by Gasteiger charge is 2.20. The summed E-state index contributed by atoms with van der Waals surface area (Å²) in [6.45, 7) is 0. The van der Waals surface area contributed by atoms with E-state index >= 15 is 0 Å². The Morgan fingerprint density at radius 2 is 1.41 bits per heavy atom. The molecule has 178 valence electrons. The van der Waals surface area contributed by atoms with E-state index in [2.05, 4.69) is 15.3 Å². The van der Waals surface area contributed by atoms with E-state index in [1.54, 1.807) is 28.4 Å². The molecule has 0 aliphatic rings. The molecule has 10 heteroatoms. The molecule has 0 amide bonds. The summed E-state index contributed by atoms with van der Waals surface area (Å²) in [5, 5.41) is 6.06. The molecule has 5 rings (SSSR count). The van der Waals surface area contributed by atoms with Gasteiger partial charge in [0.1, 0.15) is 34.6 Å². The number of anilines is 2. The number of hydrogen-bond acceptors (Lipinski definition) is 8. The lowest BCUT2D eigenvalue weighted by Gasteiger charge is -2.16. The van der Waals surface area contributed by atoms with Crippen LogP contribution in [-0.4, -0.2) is 38.4 Å². The second-order valence-corrected chi connectivity index (χ2v) is 7.04. The average molecular weight is 504 g/mol. The van der Waals surface area contributed by atoms with Crippen LogP contribution in [0.25, 0.3) is 32.8 Å². The summed E-state index contributed by atoms with van der Waals surface area (Å²) in [6.07, 6.45) is 1.46. The largest absolute Gasteiger partial charge is 0.495 e. The molecule has 0 saturated carbocycles. The number of halogens is 2. The summed E-state index contributed by atoms with van der Waals surface area (Å²) < 4.78 is 28.2. The molecule has 5 aromatic rings. The van der Waals surface area contributed by atoms with E-state index in [1.807, 2.05) is 42.5 Å². The standard InChI is InChI=1S/C24H21N3O5.2ClH/c1-28-19-9-14-13-7-5-6-8-17(13)32-18(14)11-16(19)27-24-15-10-20(29-2)22(30-3)23(31-4)21(15)25-12-26-24;;/h5-12H,1-4H3,(H,25,26,27);2*1H. The molecule has 0 aliphatic heterocycles. The van der Waals surface area contributed by atoms with Crippen LogP contribution in [0.15, 0.2) is 53.2 Å². The molecule has 2 heterocycles. The van der Waals surface area contributed by atoms with Crippen molar-refractivity contribution >= 4 is 69.2 Å². The Labute approximate surface area is 208 Å². The molecule has 0 unspecified atom stereocenters. The first kappa shape index (κ1) is 25.0. The number of benzene rings is 3. The zero-order chi connectivity index (χ0) is 22.2. The number of ether oxygens (including phenoxy) is 4. The maximum absolute atomic E-state index is 6.04. The highest BCUT2D eigenvalue weighted by molar-refractivity contribution is 6.07. The molecule has 8 nitrogen and oxygen atoms in total. The van der Waals surface area contributed by atoms with Gasteiger partial charge in [0.15, 0.2) is 11.5 Å². The van der Waals surface area contributed by atoms with Crippen LogP contribution in [0.2, 0.25) is 0 Å². The number of para-hydroxylation sites is 1. The van der Waals surface area contributed by atoms with Gasteiger partial charge in [-0.1, -0.05) is 18.2 Å². The van der Waals surface area contributed by atoms with E-state index in [0.29, 0.717) is 45.4 Å². The molecule has 3 aromatic carbocycles. The Kier molecular flexibility index (Phi) is 7.44. The number of aromatic nitrogens is 2. The molecule has 1 N–H and O–H groups in total. The maximum Gasteiger partial charge on any atom is 0.205 e. The van der Waals surface area contributed by atoms with E-state index in [0.717, 1.165) is 21.9 Å². The van der Waals surface area contributed by atoms with Gasteiger partial charge in [-0.05, 0) is 18.2 Å². The minimum Gasteiger partial charge on any atom is -0.495 e. The van der Waals surface area contributed by atoms with E-state index in [-0.39, 0.29) is 24.8 Å². The van der Waals surface area contributed by atoms with E-state index in [9.17, 15) is 0 Å². The molecular weight excluding hydrogens is 481 g/mol. The molecule has 0 spiro atoms. The Morgan fingerprint density at radius 3 is 2.12 bits per heavy atom. The summed E-state index contributed by atoms with van der Waals surface area (Å²) in [5.41, 5.74) is 2.85. The van der Waals surface area contributed by atoms with Gasteiger partial charge in [0.2, 0.25) is 5.75 Å². The fourth-order valence-corrected chi connectivity index (χ4v) is 3.91. The van der Waals surface area contributed by atoms with Gasteiger partial charge in [-0.2, -0.15) is 0 Å². The topological polar surface area (TPSA) is 87.9 Å². The second-order valence-electron chi connectivity index (χ2n) is 7.04. The fourth-order valence-electron chi connectivity index (χ4n) is 3.91. The first-order chi connectivity index (χ1) is 15.7. The molecule has 0 fully saturated rings.